The standard InChI is InChI=1S/C17H19N3O2/c1-18-17(22)20-15-10-8-14(9-11-15)19-16(21)12-7-13-5-3-2-4-6-13/h2-6,8-11H,7,12H2,1H3,(H,19,21)(H2,18,20,22). The molecule has 0 saturated heterocycles. The number of hydrogen-bond donors (Lipinski definition) is 3. The first-order valence-corrected chi connectivity index (χ1v) is 7.10. The van der Waals surface area contributed by atoms with E-state index >= 15 is 0 Å². The van der Waals surface area contributed by atoms with Crippen molar-refractivity contribution in [2.75, 3.05) is 17.7 Å². The lowest BCUT2D eigenvalue weighted by molar-refractivity contribution is -0.116. The number of rotatable bonds is 5. The number of benzene rings is 2. The van der Waals surface area contributed by atoms with Crippen molar-refractivity contribution >= 4 is 23.3 Å². The molecule has 0 aliphatic heterocycles. The number of urea groups is 1. The Bertz CT molecular complexity index is 624. The highest BCUT2D eigenvalue weighted by Crippen LogP contribution is 2.14. The SMILES string of the molecule is CNC(=O)Nc1ccc(NC(=O)CCc2ccccc2)cc1. The van der Waals surface area contributed by atoms with Gasteiger partial charge in [0.25, 0.3) is 0 Å². The van der Waals surface area contributed by atoms with Crippen LogP contribution < -0.4 is 16.0 Å². The van der Waals surface area contributed by atoms with Crippen LogP contribution in [0.25, 0.3) is 0 Å². The third kappa shape index (κ3) is 4.94. The first-order valence-electron chi connectivity index (χ1n) is 7.10. The van der Waals surface area contributed by atoms with Gasteiger partial charge >= 0.3 is 6.03 Å². The molecule has 0 unspecified atom stereocenters. The van der Waals surface area contributed by atoms with Crippen LogP contribution in [0.5, 0.6) is 0 Å². The average Bonchev–Trinajstić information content (AvgIpc) is 2.55. The molecule has 3 amide bonds. The topological polar surface area (TPSA) is 70.2 Å². The minimum Gasteiger partial charge on any atom is -0.341 e. The molecule has 114 valence electrons. The first kappa shape index (κ1) is 15.6. The maximum atomic E-state index is 11.9. The van der Waals surface area contributed by atoms with Crippen molar-refractivity contribution in [3.05, 3.63) is 60.2 Å². The van der Waals surface area contributed by atoms with Crippen LogP contribution in [0.4, 0.5) is 16.2 Å². The van der Waals surface area contributed by atoms with Crippen molar-refractivity contribution in [3.63, 3.8) is 0 Å². The molecule has 0 radical (unpaired) electrons. The van der Waals surface area contributed by atoms with Gasteiger partial charge in [-0.25, -0.2) is 4.79 Å². The lowest BCUT2D eigenvalue weighted by atomic mass is 10.1. The Kier molecular flexibility index (Phi) is 5.54. The van der Waals surface area contributed by atoms with Gasteiger partial charge in [0, 0.05) is 24.8 Å². The molecule has 0 heterocycles. The van der Waals surface area contributed by atoms with Crippen molar-refractivity contribution in [2.24, 2.45) is 0 Å². The summed E-state index contributed by atoms with van der Waals surface area (Å²) in [6, 6.07) is 16.6. The molecule has 5 nitrogen and oxygen atoms in total. The molecular weight excluding hydrogens is 278 g/mol. The molecule has 5 heteroatoms. The third-order valence-corrected chi connectivity index (χ3v) is 3.14. The molecule has 0 atom stereocenters. The fraction of sp³-hybridized carbons (Fsp3) is 0.176. The number of nitrogens with one attached hydrogen (secondary N) is 3. The van der Waals surface area contributed by atoms with E-state index in [1.165, 1.54) is 0 Å². The summed E-state index contributed by atoms with van der Waals surface area (Å²) >= 11 is 0. The zero-order valence-electron chi connectivity index (χ0n) is 12.4. The largest absolute Gasteiger partial charge is 0.341 e. The van der Waals surface area contributed by atoms with E-state index in [0.29, 0.717) is 24.2 Å². The van der Waals surface area contributed by atoms with Gasteiger partial charge in [0.2, 0.25) is 5.91 Å². The normalized spacial score (nSPS) is 9.86. The van der Waals surface area contributed by atoms with E-state index in [-0.39, 0.29) is 11.9 Å². The maximum Gasteiger partial charge on any atom is 0.318 e. The molecule has 0 saturated carbocycles. The Hall–Kier alpha value is -2.82. The maximum absolute atomic E-state index is 11.9. The number of aryl methyl sites for hydroxylation is 1. The molecule has 3 N–H and O–H groups in total. The molecule has 2 aromatic carbocycles. The zero-order chi connectivity index (χ0) is 15.8. The summed E-state index contributed by atoms with van der Waals surface area (Å²) < 4.78 is 0. The molecule has 2 aromatic rings. The summed E-state index contributed by atoms with van der Waals surface area (Å²) in [5.74, 6) is -0.0316. The molecule has 22 heavy (non-hydrogen) atoms. The smallest absolute Gasteiger partial charge is 0.318 e. The Labute approximate surface area is 129 Å². The summed E-state index contributed by atoms with van der Waals surface area (Å²) in [7, 11) is 1.55. The Morgan fingerprint density at radius 3 is 2.05 bits per heavy atom. The van der Waals surface area contributed by atoms with E-state index in [1.807, 2.05) is 30.3 Å². The number of carbonyl (C=O) groups is 2. The van der Waals surface area contributed by atoms with Crippen LogP contribution in [0.15, 0.2) is 54.6 Å². The van der Waals surface area contributed by atoms with Gasteiger partial charge in [-0.3, -0.25) is 4.79 Å². The fourth-order valence-corrected chi connectivity index (χ4v) is 1.96. The Morgan fingerprint density at radius 2 is 1.45 bits per heavy atom. The molecule has 0 aromatic heterocycles. The van der Waals surface area contributed by atoms with Crippen molar-refractivity contribution in [1.29, 1.82) is 0 Å². The van der Waals surface area contributed by atoms with Crippen LogP contribution in [0, 0.1) is 0 Å². The van der Waals surface area contributed by atoms with Crippen LogP contribution in [0.1, 0.15) is 12.0 Å². The summed E-state index contributed by atoms with van der Waals surface area (Å²) in [5.41, 5.74) is 2.52. The van der Waals surface area contributed by atoms with Crippen LogP contribution in [-0.2, 0) is 11.2 Å². The molecule has 0 aliphatic rings. The Balaban J connectivity index is 1.82. The lowest BCUT2D eigenvalue weighted by Crippen LogP contribution is -2.24. The van der Waals surface area contributed by atoms with E-state index in [2.05, 4.69) is 16.0 Å². The van der Waals surface area contributed by atoms with Crippen molar-refractivity contribution in [2.45, 2.75) is 12.8 Å². The lowest BCUT2D eigenvalue weighted by Gasteiger charge is -2.08. The van der Waals surface area contributed by atoms with Gasteiger partial charge in [0.1, 0.15) is 0 Å². The van der Waals surface area contributed by atoms with Crippen molar-refractivity contribution in [3.8, 4) is 0 Å². The summed E-state index contributed by atoms with van der Waals surface area (Å²) in [6.07, 6.45) is 1.14. The molecule has 0 spiro atoms. The molecule has 0 bridgehead atoms. The van der Waals surface area contributed by atoms with E-state index < -0.39 is 0 Å². The second kappa shape index (κ2) is 7.83. The molecule has 2 rings (SSSR count). The van der Waals surface area contributed by atoms with Crippen LogP contribution in [-0.4, -0.2) is 19.0 Å². The van der Waals surface area contributed by atoms with Crippen LogP contribution in [0.2, 0.25) is 0 Å². The number of amides is 3. The predicted octanol–water partition coefficient (Wildman–Crippen LogP) is 3.01. The predicted molar refractivity (Wildman–Crippen MR) is 87.9 cm³/mol. The van der Waals surface area contributed by atoms with Gasteiger partial charge in [-0.2, -0.15) is 0 Å². The average molecular weight is 297 g/mol. The number of hydrogen-bond acceptors (Lipinski definition) is 2. The van der Waals surface area contributed by atoms with E-state index in [0.717, 1.165) is 5.56 Å². The quantitative estimate of drug-likeness (QED) is 0.794. The summed E-state index contributed by atoms with van der Waals surface area (Å²) in [5, 5.41) is 7.97. The molecule has 0 fully saturated rings. The van der Waals surface area contributed by atoms with Crippen molar-refractivity contribution in [1.82, 2.24) is 5.32 Å². The number of carbonyl (C=O) groups excluding carboxylic acids is 2. The van der Waals surface area contributed by atoms with E-state index in [4.69, 9.17) is 0 Å². The minimum absolute atomic E-state index is 0.0316. The summed E-state index contributed by atoms with van der Waals surface area (Å²) in [4.78, 5) is 23.1. The molecule has 0 aliphatic carbocycles. The Morgan fingerprint density at radius 1 is 0.864 bits per heavy atom. The van der Waals surface area contributed by atoms with Gasteiger partial charge in [-0.05, 0) is 36.2 Å². The minimum atomic E-state index is -0.278. The van der Waals surface area contributed by atoms with Crippen LogP contribution in [0.3, 0.4) is 0 Å². The van der Waals surface area contributed by atoms with Crippen molar-refractivity contribution < 1.29 is 9.59 Å². The van der Waals surface area contributed by atoms with Gasteiger partial charge in [-0.15, -0.1) is 0 Å². The van der Waals surface area contributed by atoms with E-state index in [9.17, 15) is 9.59 Å². The second-order valence-corrected chi connectivity index (χ2v) is 4.82. The highest BCUT2D eigenvalue weighted by molar-refractivity contribution is 5.92. The van der Waals surface area contributed by atoms with Gasteiger partial charge < -0.3 is 16.0 Å². The monoisotopic (exact) mass is 297 g/mol. The highest BCUT2D eigenvalue weighted by Gasteiger charge is 2.04. The third-order valence-electron chi connectivity index (χ3n) is 3.14. The van der Waals surface area contributed by atoms with Crippen LogP contribution >= 0.6 is 0 Å². The van der Waals surface area contributed by atoms with E-state index in [1.54, 1.807) is 31.3 Å². The number of anilines is 2. The zero-order valence-corrected chi connectivity index (χ0v) is 12.4. The summed E-state index contributed by atoms with van der Waals surface area (Å²) in [6.45, 7) is 0. The highest BCUT2D eigenvalue weighted by atomic mass is 16.2. The molecular formula is C17H19N3O2. The van der Waals surface area contributed by atoms with Gasteiger partial charge in [-0.1, -0.05) is 30.3 Å². The van der Waals surface area contributed by atoms with Gasteiger partial charge in [0.15, 0.2) is 0 Å². The van der Waals surface area contributed by atoms with Gasteiger partial charge in [0.05, 0.1) is 0 Å². The first-order chi connectivity index (χ1) is 10.7. The second-order valence-electron chi connectivity index (χ2n) is 4.82. The fourth-order valence-electron chi connectivity index (χ4n) is 1.96.